The Balaban J connectivity index is 1.66. The van der Waals surface area contributed by atoms with Gasteiger partial charge in [-0.05, 0) is 58.4 Å². The first-order valence-corrected chi connectivity index (χ1v) is 13.8. The highest BCUT2D eigenvalue weighted by Gasteiger charge is 2.34. The molecule has 0 bridgehead atoms. The van der Waals surface area contributed by atoms with Crippen LogP contribution < -0.4 is 0 Å². The zero-order valence-corrected chi connectivity index (χ0v) is 21.4. The van der Waals surface area contributed by atoms with Gasteiger partial charge in [-0.2, -0.15) is 4.31 Å². The average molecular weight is 479 g/mol. The fourth-order valence-corrected chi connectivity index (χ4v) is 7.81. The Morgan fingerprint density at radius 1 is 1.09 bits per heavy atom. The monoisotopic (exact) mass is 478 g/mol. The molecule has 4 rings (SSSR count). The molecule has 176 valence electrons. The summed E-state index contributed by atoms with van der Waals surface area (Å²) in [5.74, 6) is 0.700. The Kier molecular flexibility index (Phi) is 6.53. The zero-order chi connectivity index (χ0) is 23.2. The third kappa shape index (κ3) is 4.15. The molecular weight excluding hydrogens is 444 g/mol. The molecule has 0 aromatic carbocycles. The second-order valence-corrected chi connectivity index (χ2v) is 12.3. The third-order valence-electron chi connectivity index (χ3n) is 7.10. The van der Waals surface area contributed by atoms with Crippen LogP contribution in [0.5, 0.6) is 0 Å². The first-order chi connectivity index (χ1) is 15.1. The molecule has 2 saturated heterocycles. The van der Waals surface area contributed by atoms with Gasteiger partial charge in [-0.15, -0.1) is 11.3 Å². The Labute approximate surface area is 195 Å². The summed E-state index contributed by atoms with van der Waals surface area (Å²) in [6.45, 7) is 10.1. The number of hydrogen-bond acceptors (Lipinski definition) is 5. The minimum Gasteiger partial charge on any atom is -0.345 e. The second kappa shape index (κ2) is 8.91. The van der Waals surface area contributed by atoms with Crippen LogP contribution in [0.25, 0.3) is 10.7 Å². The van der Waals surface area contributed by atoms with Crippen molar-refractivity contribution >= 4 is 27.3 Å². The van der Waals surface area contributed by atoms with Crippen LogP contribution in [0.15, 0.2) is 11.0 Å². The molecule has 2 aliphatic heterocycles. The van der Waals surface area contributed by atoms with Crippen molar-refractivity contribution in [2.24, 2.45) is 13.0 Å². The van der Waals surface area contributed by atoms with Crippen LogP contribution in [0.2, 0.25) is 0 Å². The third-order valence-corrected chi connectivity index (χ3v) is 10.4. The smallest absolute Gasteiger partial charge is 0.265 e. The minimum absolute atomic E-state index is 0.00963. The van der Waals surface area contributed by atoms with E-state index in [1.165, 1.54) is 11.3 Å². The molecule has 0 N–H and O–H groups in total. The maximum Gasteiger partial charge on any atom is 0.265 e. The highest BCUT2D eigenvalue weighted by Crippen LogP contribution is 2.35. The van der Waals surface area contributed by atoms with E-state index in [4.69, 9.17) is 0 Å². The predicted molar refractivity (Wildman–Crippen MR) is 128 cm³/mol. The molecular formula is C23H34N4O3S2. The molecule has 0 aliphatic carbocycles. The topological polar surface area (TPSA) is 75.5 Å². The fourth-order valence-electron chi connectivity index (χ4n) is 4.75. The van der Waals surface area contributed by atoms with Gasteiger partial charge in [-0.1, -0.05) is 13.3 Å². The van der Waals surface area contributed by atoms with E-state index in [2.05, 4.69) is 11.9 Å². The molecule has 2 aromatic rings. The van der Waals surface area contributed by atoms with Crippen molar-refractivity contribution in [2.45, 2.75) is 70.7 Å². The van der Waals surface area contributed by atoms with E-state index in [-0.39, 0.29) is 11.9 Å². The van der Waals surface area contributed by atoms with Gasteiger partial charge in [-0.3, -0.25) is 4.79 Å². The first kappa shape index (κ1) is 23.4. The summed E-state index contributed by atoms with van der Waals surface area (Å²) in [5, 5.41) is 0.690. The van der Waals surface area contributed by atoms with Gasteiger partial charge >= 0.3 is 0 Å². The van der Waals surface area contributed by atoms with Crippen LogP contribution in [0, 0.1) is 19.8 Å². The van der Waals surface area contributed by atoms with Gasteiger partial charge < -0.3 is 9.47 Å². The number of carbonyl (C=O) groups is 1. The molecule has 32 heavy (non-hydrogen) atoms. The molecule has 0 spiro atoms. The van der Waals surface area contributed by atoms with Crippen molar-refractivity contribution < 1.29 is 13.2 Å². The van der Waals surface area contributed by atoms with Gasteiger partial charge in [0.1, 0.15) is 14.8 Å². The molecule has 1 amide bonds. The number of carbonyl (C=O) groups excluding carboxylic acids is 1. The van der Waals surface area contributed by atoms with E-state index in [1.54, 1.807) is 10.4 Å². The lowest BCUT2D eigenvalue weighted by Crippen LogP contribution is -2.42. The van der Waals surface area contributed by atoms with Crippen LogP contribution >= 0.6 is 11.3 Å². The normalized spacial score (nSPS) is 21.3. The predicted octanol–water partition coefficient (Wildman–Crippen LogP) is 4.20. The maximum absolute atomic E-state index is 13.5. The van der Waals surface area contributed by atoms with E-state index < -0.39 is 10.0 Å². The van der Waals surface area contributed by atoms with Crippen LogP contribution in [-0.4, -0.2) is 58.8 Å². The summed E-state index contributed by atoms with van der Waals surface area (Å²) in [6, 6.07) is 1.75. The standard InChI is InChI=1S/C23H34N4O3S2/c1-15-9-12-26(13-10-15)23(28)21-17(3)24-22(31-21)19-14-20(18(4)25(19)5)32(29,30)27-11-7-6-8-16(27)2/h14-16H,6-13H2,1-5H3/t16-/m1/s1. The van der Waals surface area contributed by atoms with Gasteiger partial charge in [0.25, 0.3) is 5.91 Å². The molecule has 2 aliphatic rings. The van der Waals surface area contributed by atoms with Crippen molar-refractivity contribution in [3.8, 4) is 10.7 Å². The van der Waals surface area contributed by atoms with Gasteiger partial charge in [0.15, 0.2) is 0 Å². The van der Waals surface area contributed by atoms with Gasteiger partial charge in [0.2, 0.25) is 10.0 Å². The number of rotatable bonds is 4. The number of aryl methyl sites for hydroxylation is 1. The Hall–Kier alpha value is -1.71. The highest BCUT2D eigenvalue weighted by molar-refractivity contribution is 7.89. The number of hydrogen-bond donors (Lipinski definition) is 0. The summed E-state index contributed by atoms with van der Waals surface area (Å²) in [6.07, 6.45) is 4.92. The van der Waals surface area contributed by atoms with Crippen LogP contribution in [0.1, 0.15) is 67.0 Å². The van der Waals surface area contributed by atoms with Crippen molar-refractivity contribution in [3.05, 3.63) is 22.3 Å². The summed E-state index contributed by atoms with van der Waals surface area (Å²) in [7, 11) is -1.71. The van der Waals surface area contributed by atoms with Gasteiger partial charge in [0, 0.05) is 38.4 Å². The van der Waals surface area contributed by atoms with Crippen molar-refractivity contribution in [2.75, 3.05) is 19.6 Å². The van der Waals surface area contributed by atoms with E-state index >= 15 is 0 Å². The van der Waals surface area contributed by atoms with E-state index in [0.29, 0.717) is 38.6 Å². The van der Waals surface area contributed by atoms with Crippen LogP contribution in [0.3, 0.4) is 0 Å². The van der Waals surface area contributed by atoms with E-state index in [1.807, 2.05) is 37.3 Å². The number of amides is 1. The molecule has 7 nitrogen and oxygen atoms in total. The van der Waals surface area contributed by atoms with Crippen molar-refractivity contribution in [1.82, 2.24) is 18.8 Å². The first-order valence-electron chi connectivity index (χ1n) is 11.6. The molecule has 4 heterocycles. The zero-order valence-electron chi connectivity index (χ0n) is 19.7. The molecule has 2 aromatic heterocycles. The lowest BCUT2D eigenvalue weighted by atomic mass is 9.99. The summed E-state index contributed by atoms with van der Waals surface area (Å²) >= 11 is 1.37. The average Bonchev–Trinajstić information content (AvgIpc) is 3.28. The molecule has 9 heteroatoms. The SMILES string of the molecule is Cc1nc(-c2cc(S(=O)(=O)N3CCCC[C@H]3C)c(C)n2C)sc1C(=O)N1CCC(C)CC1. The fraction of sp³-hybridized carbons (Fsp3) is 0.652. The number of thiazole rings is 1. The maximum atomic E-state index is 13.5. The largest absolute Gasteiger partial charge is 0.345 e. The van der Waals surface area contributed by atoms with E-state index in [9.17, 15) is 13.2 Å². The molecule has 0 saturated carbocycles. The van der Waals surface area contributed by atoms with E-state index in [0.717, 1.165) is 50.9 Å². The number of aromatic nitrogens is 2. The van der Waals surface area contributed by atoms with Crippen molar-refractivity contribution in [3.63, 3.8) is 0 Å². The van der Waals surface area contributed by atoms with Crippen LogP contribution in [0.4, 0.5) is 0 Å². The summed E-state index contributed by atoms with van der Waals surface area (Å²) < 4.78 is 30.5. The number of likely N-dealkylation sites (tertiary alicyclic amines) is 1. The Bertz CT molecular complexity index is 1110. The minimum atomic E-state index is -3.58. The second-order valence-electron chi connectivity index (χ2n) is 9.41. The Morgan fingerprint density at radius 2 is 1.78 bits per heavy atom. The lowest BCUT2D eigenvalue weighted by molar-refractivity contribution is 0.0701. The molecule has 2 fully saturated rings. The summed E-state index contributed by atoms with van der Waals surface area (Å²) in [5.41, 5.74) is 2.15. The van der Waals surface area contributed by atoms with Gasteiger partial charge in [0.05, 0.1) is 11.4 Å². The number of nitrogens with zero attached hydrogens (tertiary/aromatic N) is 4. The van der Waals surface area contributed by atoms with Gasteiger partial charge in [-0.25, -0.2) is 13.4 Å². The highest BCUT2D eigenvalue weighted by atomic mass is 32.2. The Morgan fingerprint density at radius 3 is 2.44 bits per heavy atom. The molecule has 1 atom stereocenters. The molecule has 0 radical (unpaired) electrons. The summed E-state index contributed by atoms with van der Waals surface area (Å²) in [4.78, 5) is 20.7. The lowest BCUT2D eigenvalue weighted by Gasteiger charge is -2.32. The number of piperidine rings is 2. The van der Waals surface area contributed by atoms with Crippen molar-refractivity contribution in [1.29, 1.82) is 0 Å². The van der Waals surface area contributed by atoms with Crippen LogP contribution in [-0.2, 0) is 17.1 Å². The number of sulfonamides is 1. The molecule has 0 unspecified atom stereocenters. The quantitative estimate of drug-likeness (QED) is 0.660.